The van der Waals surface area contributed by atoms with Crippen molar-refractivity contribution < 1.29 is 0 Å². The van der Waals surface area contributed by atoms with Gasteiger partial charge in [-0.15, -0.1) is 0 Å². The van der Waals surface area contributed by atoms with Gasteiger partial charge in [-0.05, 0) is 62.1 Å². The van der Waals surface area contributed by atoms with E-state index in [0.717, 1.165) is 11.0 Å². The number of aromatic nitrogens is 2. The second-order valence-corrected chi connectivity index (χ2v) is 8.81. The zero-order chi connectivity index (χ0) is 18.3. The summed E-state index contributed by atoms with van der Waals surface area (Å²) in [5.41, 5.74) is 7.28. The highest BCUT2D eigenvalue weighted by Gasteiger charge is 2.10. The first-order valence-electron chi connectivity index (χ1n) is 8.60. The molecule has 0 amide bonds. The molecule has 0 bridgehead atoms. The number of pyridine rings is 2. The van der Waals surface area contributed by atoms with E-state index in [4.69, 9.17) is 0 Å². The van der Waals surface area contributed by atoms with Gasteiger partial charge in [0.05, 0.1) is 11.0 Å². The molecular formula is C22H20N2S2. The Morgan fingerprint density at radius 2 is 1.00 bits per heavy atom. The van der Waals surface area contributed by atoms with Crippen molar-refractivity contribution in [3.63, 3.8) is 0 Å². The van der Waals surface area contributed by atoms with Crippen LogP contribution >= 0.6 is 21.6 Å². The number of aryl methyl sites for hydroxylation is 4. The van der Waals surface area contributed by atoms with E-state index >= 15 is 0 Å². The lowest BCUT2D eigenvalue weighted by molar-refractivity contribution is 1.28. The van der Waals surface area contributed by atoms with Crippen LogP contribution in [0.1, 0.15) is 22.3 Å². The Balaban J connectivity index is 1.73. The molecule has 4 rings (SSSR count). The maximum Gasteiger partial charge on any atom is 0.0745 e. The van der Waals surface area contributed by atoms with Crippen LogP contribution in [-0.2, 0) is 0 Å². The Morgan fingerprint density at radius 1 is 0.577 bits per heavy atom. The van der Waals surface area contributed by atoms with Gasteiger partial charge in [-0.3, -0.25) is 9.97 Å². The molecule has 0 aliphatic carbocycles. The molecule has 0 spiro atoms. The maximum absolute atomic E-state index is 4.60. The lowest BCUT2D eigenvalue weighted by Crippen LogP contribution is -1.89. The summed E-state index contributed by atoms with van der Waals surface area (Å²) in [5.74, 6) is 0. The summed E-state index contributed by atoms with van der Waals surface area (Å²) in [6, 6.07) is 12.9. The van der Waals surface area contributed by atoms with Gasteiger partial charge in [0, 0.05) is 33.0 Å². The quantitative estimate of drug-likeness (QED) is 0.367. The monoisotopic (exact) mass is 376 g/mol. The molecular weight excluding hydrogens is 356 g/mol. The van der Waals surface area contributed by atoms with Gasteiger partial charge in [-0.25, -0.2) is 0 Å². The topological polar surface area (TPSA) is 25.8 Å². The number of fused-ring (bicyclic) bond motifs is 2. The average Bonchev–Trinajstić information content (AvgIpc) is 2.66. The predicted octanol–water partition coefficient (Wildman–Crippen LogP) is 6.82. The molecule has 0 fully saturated rings. The molecule has 2 aromatic carbocycles. The number of hydrogen-bond donors (Lipinski definition) is 0. The van der Waals surface area contributed by atoms with E-state index in [-0.39, 0.29) is 0 Å². The van der Waals surface area contributed by atoms with Gasteiger partial charge < -0.3 is 0 Å². The van der Waals surface area contributed by atoms with E-state index in [1.807, 2.05) is 12.4 Å². The third-order valence-corrected chi connectivity index (χ3v) is 7.50. The smallest absolute Gasteiger partial charge is 0.0745 e. The van der Waals surface area contributed by atoms with Crippen LogP contribution in [0.2, 0.25) is 0 Å². The van der Waals surface area contributed by atoms with Gasteiger partial charge in [0.1, 0.15) is 0 Å². The lowest BCUT2D eigenvalue weighted by Gasteiger charge is -2.11. The molecule has 0 saturated heterocycles. The van der Waals surface area contributed by atoms with Crippen molar-refractivity contribution in [1.29, 1.82) is 0 Å². The summed E-state index contributed by atoms with van der Waals surface area (Å²) in [6.45, 7) is 8.57. The van der Waals surface area contributed by atoms with E-state index in [1.54, 1.807) is 21.6 Å². The number of hydrogen-bond acceptors (Lipinski definition) is 4. The first-order valence-corrected chi connectivity index (χ1v) is 10.8. The predicted molar refractivity (Wildman–Crippen MR) is 114 cm³/mol. The molecule has 4 heteroatoms. The minimum atomic E-state index is 1.10. The van der Waals surface area contributed by atoms with E-state index in [1.165, 1.54) is 42.8 Å². The van der Waals surface area contributed by atoms with Crippen LogP contribution in [-0.4, -0.2) is 9.97 Å². The van der Waals surface area contributed by atoms with Crippen molar-refractivity contribution in [1.82, 2.24) is 9.97 Å². The molecule has 0 saturated carbocycles. The third kappa shape index (κ3) is 2.97. The first kappa shape index (κ1) is 17.4. The van der Waals surface area contributed by atoms with Gasteiger partial charge in [-0.1, -0.05) is 45.9 Å². The van der Waals surface area contributed by atoms with Gasteiger partial charge in [-0.2, -0.15) is 0 Å². The Kier molecular flexibility index (Phi) is 4.63. The van der Waals surface area contributed by atoms with E-state index in [0.29, 0.717) is 0 Å². The van der Waals surface area contributed by atoms with E-state index in [2.05, 4.69) is 74.1 Å². The minimum absolute atomic E-state index is 1.10. The molecule has 0 unspecified atom stereocenters. The highest BCUT2D eigenvalue weighted by Crippen LogP contribution is 2.43. The van der Waals surface area contributed by atoms with E-state index in [9.17, 15) is 0 Å². The first-order chi connectivity index (χ1) is 12.6. The van der Waals surface area contributed by atoms with Gasteiger partial charge in [0.15, 0.2) is 0 Å². The fourth-order valence-electron chi connectivity index (χ4n) is 3.11. The molecule has 0 radical (unpaired) electrons. The molecule has 2 heterocycles. The molecule has 0 aliphatic rings. The van der Waals surface area contributed by atoms with Crippen molar-refractivity contribution in [3.05, 3.63) is 71.0 Å². The van der Waals surface area contributed by atoms with Crippen LogP contribution in [0.15, 0.2) is 58.6 Å². The molecule has 2 aromatic heterocycles. The highest BCUT2D eigenvalue weighted by molar-refractivity contribution is 8.76. The van der Waals surface area contributed by atoms with Crippen LogP contribution in [0.3, 0.4) is 0 Å². The summed E-state index contributed by atoms with van der Waals surface area (Å²) in [5, 5.41) is 2.44. The maximum atomic E-state index is 4.60. The highest BCUT2D eigenvalue weighted by atomic mass is 33.1. The van der Waals surface area contributed by atoms with Gasteiger partial charge >= 0.3 is 0 Å². The lowest BCUT2D eigenvalue weighted by atomic mass is 10.1. The Labute approximate surface area is 161 Å². The Bertz CT molecular complexity index is 1040. The van der Waals surface area contributed by atoms with Crippen molar-refractivity contribution in [2.75, 3.05) is 0 Å². The van der Waals surface area contributed by atoms with Crippen LogP contribution in [0, 0.1) is 27.7 Å². The molecule has 2 nitrogen and oxygen atoms in total. The third-order valence-electron chi connectivity index (χ3n) is 5.01. The Morgan fingerprint density at radius 3 is 1.42 bits per heavy atom. The van der Waals surface area contributed by atoms with Crippen LogP contribution < -0.4 is 0 Å². The van der Waals surface area contributed by atoms with Crippen molar-refractivity contribution in [2.45, 2.75) is 37.5 Å². The van der Waals surface area contributed by atoms with Crippen molar-refractivity contribution in [3.8, 4) is 0 Å². The zero-order valence-corrected chi connectivity index (χ0v) is 17.0. The fraction of sp³-hybridized carbons (Fsp3) is 0.182. The summed E-state index contributed by atoms with van der Waals surface area (Å²) in [7, 11) is 3.58. The van der Waals surface area contributed by atoms with Crippen LogP contribution in [0.25, 0.3) is 21.8 Å². The summed E-state index contributed by atoms with van der Waals surface area (Å²) in [6.07, 6.45) is 3.83. The molecule has 4 aromatic rings. The van der Waals surface area contributed by atoms with Gasteiger partial charge in [0.2, 0.25) is 0 Å². The summed E-state index contributed by atoms with van der Waals surface area (Å²) < 4.78 is 0. The van der Waals surface area contributed by atoms with Crippen LogP contribution in [0.5, 0.6) is 0 Å². The fourth-order valence-corrected chi connectivity index (χ4v) is 5.44. The molecule has 130 valence electrons. The number of rotatable bonds is 3. The van der Waals surface area contributed by atoms with Crippen molar-refractivity contribution in [2.24, 2.45) is 0 Å². The van der Waals surface area contributed by atoms with Crippen molar-refractivity contribution >= 4 is 43.4 Å². The molecule has 0 N–H and O–H groups in total. The largest absolute Gasteiger partial charge is 0.256 e. The average molecular weight is 377 g/mol. The SMILES string of the molecule is Cc1ccc2c(SSc3ccnc4c(C)c(C)ccc34)ccnc2c1C. The normalized spacial score (nSPS) is 11.4. The van der Waals surface area contributed by atoms with Crippen LogP contribution in [0.4, 0.5) is 0 Å². The zero-order valence-electron chi connectivity index (χ0n) is 15.3. The van der Waals surface area contributed by atoms with Gasteiger partial charge in [0.25, 0.3) is 0 Å². The minimum Gasteiger partial charge on any atom is -0.256 e. The standard InChI is InChI=1S/C22H20N2S2/c1-13-5-7-17-19(9-11-23-21(17)15(13)3)25-26-20-10-12-24-22-16(4)14(2)6-8-18(20)22/h5-12H,1-4H3. The summed E-state index contributed by atoms with van der Waals surface area (Å²) >= 11 is 0. The molecule has 26 heavy (non-hydrogen) atoms. The molecule has 0 aliphatic heterocycles. The number of nitrogens with zero attached hydrogens (tertiary/aromatic N) is 2. The number of benzene rings is 2. The summed E-state index contributed by atoms with van der Waals surface area (Å²) in [4.78, 5) is 11.7. The molecule has 0 atom stereocenters. The second kappa shape index (κ2) is 6.93. The van der Waals surface area contributed by atoms with E-state index < -0.39 is 0 Å². The Hall–Kier alpha value is -2.04. The second-order valence-electron chi connectivity index (χ2n) is 6.59.